The molecule has 3 amide bonds. The maximum atomic E-state index is 16.6. The van der Waals surface area contributed by atoms with Crippen LogP contribution in [0.2, 0.25) is 0 Å². The second-order valence-corrected chi connectivity index (χ2v) is 13.3. The number of halogens is 1. The van der Waals surface area contributed by atoms with Gasteiger partial charge in [0.1, 0.15) is 35.4 Å². The summed E-state index contributed by atoms with van der Waals surface area (Å²) in [7, 11) is 1.50. The molecule has 1 aromatic carbocycles. The molecule has 1 fully saturated rings. The highest BCUT2D eigenvalue weighted by Crippen LogP contribution is 2.42. The number of methoxy groups -OCH3 is 1. The molecule has 0 saturated carbocycles. The van der Waals surface area contributed by atoms with Crippen molar-refractivity contribution in [1.82, 2.24) is 9.97 Å². The molecule has 2 aliphatic rings. The van der Waals surface area contributed by atoms with Crippen molar-refractivity contribution in [3.63, 3.8) is 0 Å². The maximum Gasteiger partial charge on any atom is 0.415 e. The number of nitrogens with one attached hydrogen (secondary N) is 2. The van der Waals surface area contributed by atoms with Crippen LogP contribution in [0, 0.1) is 12.7 Å². The number of aromatic nitrogens is 2. The SMILES string of the molecule is COC1COCC1OC(=O)Nc1cc2cc(-c3cnc4c(c3C)N(C(=O)OC(C)(C)C)CCO4)c(F)c(NC(=O)OC(C)(C)C)c2cn1. The zero-order chi connectivity index (χ0) is 35.0. The number of rotatable bonds is 5. The van der Waals surface area contributed by atoms with E-state index in [0.717, 1.165) is 0 Å². The zero-order valence-corrected chi connectivity index (χ0v) is 28.2. The third-order valence-electron chi connectivity index (χ3n) is 7.36. The largest absolute Gasteiger partial charge is 0.474 e. The summed E-state index contributed by atoms with van der Waals surface area (Å²) < 4.78 is 49.4. The number of amides is 3. The van der Waals surface area contributed by atoms with E-state index in [2.05, 4.69) is 20.6 Å². The lowest BCUT2D eigenvalue weighted by atomic mass is 9.96. The maximum absolute atomic E-state index is 16.6. The van der Waals surface area contributed by atoms with Crippen LogP contribution in [0.25, 0.3) is 21.9 Å². The van der Waals surface area contributed by atoms with Gasteiger partial charge in [-0.15, -0.1) is 0 Å². The summed E-state index contributed by atoms with van der Waals surface area (Å²) in [5, 5.41) is 5.74. The molecule has 48 heavy (non-hydrogen) atoms. The van der Waals surface area contributed by atoms with Crippen molar-refractivity contribution >= 4 is 46.2 Å². The minimum Gasteiger partial charge on any atom is -0.474 e. The smallest absolute Gasteiger partial charge is 0.415 e. The van der Waals surface area contributed by atoms with Crippen LogP contribution in [-0.2, 0) is 23.7 Å². The lowest BCUT2D eigenvalue weighted by molar-refractivity contribution is 0.0117. The number of hydrogen-bond donors (Lipinski definition) is 2. The molecule has 2 atom stereocenters. The Morgan fingerprint density at radius 2 is 1.65 bits per heavy atom. The number of fused-ring (bicyclic) bond motifs is 2. The van der Waals surface area contributed by atoms with Gasteiger partial charge in [0, 0.05) is 36.0 Å². The summed E-state index contributed by atoms with van der Waals surface area (Å²) in [5.74, 6) is -0.502. The van der Waals surface area contributed by atoms with Crippen LogP contribution in [0.15, 0.2) is 24.5 Å². The van der Waals surface area contributed by atoms with Gasteiger partial charge in [0.25, 0.3) is 0 Å². The first kappa shape index (κ1) is 34.6. The third kappa shape index (κ3) is 7.68. The first-order valence-electron chi connectivity index (χ1n) is 15.4. The van der Waals surface area contributed by atoms with E-state index in [1.54, 1.807) is 48.5 Å². The van der Waals surface area contributed by atoms with Crippen molar-refractivity contribution in [3.8, 4) is 17.0 Å². The normalized spacial score (nSPS) is 17.7. The van der Waals surface area contributed by atoms with Crippen molar-refractivity contribution in [2.24, 2.45) is 0 Å². The highest BCUT2D eigenvalue weighted by Gasteiger charge is 2.34. The Hall–Kier alpha value is -4.76. The van der Waals surface area contributed by atoms with Crippen LogP contribution in [0.5, 0.6) is 5.88 Å². The number of pyridine rings is 2. The molecule has 2 aromatic heterocycles. The van der Waals surface area contributed by atoms with Crippen LogP contribution in [-0.4, -0.2) is 85.1 Å². The molecule has 14 nitrogen and oxygen atoms in total. The molecule has 3 aromatic rings. The Balaban J connectivity index is 1.58. The second-order valence-electron chi connectivity index (χ2n) is 13.3. The molecule has 5 rings (SSSR count). The highest BCUT2D eigenvalue weighted by atomic mass is 19.1. The van der Waals surface area contributed by atoms with Crippen molar-refractivity contribution in [2.45, 2.75) is 71.9 Å². The highest BCUT2D eigenvalue weighted by molar-refractivity contribution is 6.05. The van der Waals surface area contributed by atoms with Gasteiger partial charge in [-0.05, 0) is 71.5 Å². The number of nitrogens with zero attached hydrogens (tertiary/aromatic N) is 3. The Morgan fingerprint density at radius 3 is 2.33 bits per heavy atom. The van der Waals surface area contributed by atoms with E-state index >= 15 is 4.39 Å². The van der Waals surface area contributed by atoms with E-state index in [9.17, 15) is 14.4 Å². The number of carbonyl (C=O) groups excluding carboxylic acids is 3. The van der Waals surface area contributed by atoms with Gasteiger partial charge in [-0.1, -0.05) is 0 Å². The predicted molar refractivity (Wildman–Crippen MR) is 174 cm³/mol. The molecule has 0 aliphatic carbocycles. The fraction of sp³-hybridized carbons (Fsp3) is 0.485. The summed E-state index contributed by atoms with van der Waals surface area (Å²) >= 11 is 0. The molecule has 15 heteroatoms. The van der Waals surface area contributed by atoms with Crippen molar-refractivity contribution in [3.05, 3.63) is 35.9 Å². The van der Waals surface area contributed by atoms with Gasteiger partial charge in [0.05, 0.1) is 25.4 Å². The lowest BCUT2D eigenvalue weighted by Crippen LogP contribution is -2.42. The first-order chi connectivity index (χ1) is 22.5. The minimum absolute atomic E-state index is 0.0434. The Labute approximate surface area is 277 Å². The molecular weight excluding hydrogens is 629 g/mol. The summed E-state index contributed by atoms with van der Waals surface area (Å²) in [6.07, 6.45) is -0.538. The van der Waals surface area contributed by atoms with E-state index in [1.807, 2.05) is 0 Å². The monoisotopic (exact) mass is 669 g/mol. The van der Waals surface area contributed by atoms with Gasteiger partial charge in [0.2, 0.25) is 5.88 Å². The number of carbonyl (C=O) groups is 3. The summed E-state index contributed by atoms with van der Waals surface area (Å²) in [6.45, 7) is 12.9. The Kier molecular flexibility index (Phi) is 9.65. The predicted octanol–water partition coefficient (Wildman–Crippen LogP) is 6.19. The molecule has 0 radical (unpaired) electrons. The summed E-state index contributed by atoms with van der Waals surface area (Å²) in [4.78, 5) is 48.9. The molecule has 2 N–H and O–H groups in total. The van der Waals surface area contributed by atoms with Gasteiger partial charge in [-0.25, -0.2) is 28.7 Å². The average molecular weight is 670 g/mol. The molecule has 2 unspecified atom stereocenters. The lowest BCUT2D eigenvalue weighted by Gasteiger charge is -2.32. The Bertz CT molecular complexity index is 1740. The van der Waals surface area contributed by atoms with Crippen molar-refractivity contribution < 1.29 is 47.2 Å². The number of anilines is 3. The van der Waals surface area contributed by atoms with Crippen molar-refractivity contribution in [2.75, 3.05) is 49.0 Å². The molecule has 0 spiro atoms. The minimum atomic E-state index is -0.887. The quantitative estimate of drug-likeness (QED) is 0.298. The average Bonchev–Trinajstić information content (AvgIpc) is 3.43. The summed E-state index contributed by atoms with van der Waals surface area (Å²) in [6, 6.07) is 3.04. The van der Waals surface area contributed by atoms with Gasteiger partial charge < -0.3 is 28.4 Å². The fourth-order valence-corrected chi connectivity index (χ4v) is 5.29. The molecule has 0 bridgehead atoms. The van der Waals surface area contributed by atoms with Crippen LogP contribution < -0.4 is 20.3 Å². The number of ether oxygens (including phenoxy) is 6. The fourth-order valence-electron chi connectivity index (χ4n) is 5.29. The van der Waals surface area contributed by atoms with Crippen LogP contribution in [0.4, 0.5) is 36.0 Å². The molecule has 258 valence electrons. The van der Waals surface area contributed by atoms with Gasteiger partial charge >= 0.3 is 18.3 Å². The Morgan fingerprint density at radius 1 is 0.938 bits per heavy atom. The van der Waals surface area contributed by atoms with Gasteiger partial charge in [0.15, 0.2) is 11.9 Å². The van der Waals surface area contributed by atoms with Crippen LogP contribution >= 0.6 is 0 Å². The topological polar surface area (TPSA) is 160 Å². The standard InChI is InChI=1S/C33H40FN5O9/c1-17-20(13-36-28-27(17)39(9-10-45-28)31(42)48-33(5,6)7)19-11-18-12-24(37-29(40)46-23-16-44-15-22(23)43-8)35-14-21(18)26(25(19)34)38-30(41)47-32(2,3)4/h11-14,22-23H,9-10,15-16H2,1-8H3,(H,38,41)(H,35,37,40). The van der Waals surface area contributed by atoms with Crippen molar-refractivity contribution in [1.29, 1.82) is 0 Å². The summed E-state index contributed by atoms with van der Waals surface area (Å²) in [5.41, 5.74) is -0.654. The molecule has 1 saturated heterocycles. The van der Waals surface area contributed by atoms with E-state index in [1.165, 1.54) is 36.5 Å². The molecular formula is C33H40FN5O9. The second kappa shape index (κ2) is 13.4. The third-order valence-corrected chi connectivity index (χ3v) is 7.36. The van der Waals surface area contributed by atoms with E-state index < -0.39 is 47.5 Å². The van der Waals surface area contributed by atoms with Gasteiger partial charge in [-0.2, -0.15) is 0 Å². The zero-order valence-electron chi connectivity index (χ0n) is 28.2. The van der Waals surface area contributed by atoms with Crippen LogP contribution in [0.3, 0.4) is 0 Å². The first-order valence-corrected chi connectivity index (χ1v) is 15.4. The van der Waals surface area contributed by atoms with E-state index in [-0.39, 0.29) is 48.1 Å². The van der Waals surface area contributed by atoms with Gasteiger partial charge in [-0.3, -0.25) is 15.5 Å². The number of benzene rings is 1. The van der Waals surface area contributed by atoms with E-state index in [4.69, 9.17) is 28.4 Å². The number of hydrogen-bond acceptors (Lipinski definition) is 11. The van der Waals surface area contributed by atoms with E-state index in [0.29, 0.717) is 28.8 Å². The molecule has 4 heterocycles. The van der Waals surface area contributed by atoms with Crippen LogP contribution in [0.1, 0.15) is 47.1 Å². The molecule has 2 aliphatic heterocycles.